The average molecular weight is 238 g/mol. The fourth-order valence-electron chi connectivity index (χ4n) is 0.807. The molecule has 0 aromatic heterocycles. The second kappa shape index (κ2) is 3.81. The molecule has 0 heterocycles. The summed E-state index contributed by atoms with van der Waals surface area (Å²) in [5.74, 6) is -0.410. The minimum absolute atomic E-state index is 0.410. The molecule has 0 saturated heterocycles. The summed E-state index contributed by atoms with van der Waals surface area (Å²) in [7, 11) is 0.980. The Morgan fingerprint density at radius 3 is 2.43 bits per heavy atom. The topological polar surface area (TPSA) is 86.5 Å². The van der Waals surface area contributed by atoms with E-state index in [0.29, 0.717) is 0 Å². The van der Waals surface area contributed by atoms with Gasteiger partial charge in [0.25, 0.3) is 14.1 Å². The molecule has 0 radical (unpaired) electrons. The van der Waals surface area contributed by atoms with Crippen molar-refractivity contribution in [3.63, 3.8) is 0 Å². The Kier molecular flexibility index (Phi) is 2.92. The van der Waals surface area contributed by atoms with E-state index in [0.717, 1.165) is 12.1 Å². The second-order valence-corrected chi connectivity index (χ2v) is 4.73. The lowest BCUT2D eigenvalue weighted by molar-refractivity contribution is -0.711. The van der Waals surface area contributed by atoms with E-state index in [1.165, 1.54) is 12.1 Å². The van der Waals surface area contributed by atoms with Crippen molar-refractivity contribution < 1.29 is 18.3 Å². The van der Waals surface area contributed by atoms with E-state index in [2.05, 4.69) is 4.84 Å². The highest BCUT2D eigenvalue weighted by Crippen LogP contribution is 2.26. The summed E-state index contributed by atoms with van der Waals surface area (Å²) in [4.78, 5) is 13.6. The molecular weight excluding hydrogens is 234 g/mol. The third kappa shape index (κ3) is 2.57. The molecule has 0 aliphatic heterocycles. The summed E-state index contributed by atoms with van der Waals surface area (Å²) < 4.78 is 21.8. The minimum atomic E-state index is -4.04. The Balaban J connectivity index is 3.23. The summed E-state index contributed by atoms with van der Waals surface area (Å²) >= 11 is 0. The number of benzene rings is 1. The van der Waals surface area contributed by atoms with Crippen molar-refractivity contribution in [1.82, 2.24) is 0 Å². The van der Waals surface area contributed by atoms with Crippen molar-refractivity contribution in [3.8, 4) is 5.75 Å². The van der Waals surface area contributed by atoms with Gasteiger partial charge >= 0.3 is 0 Å². The quantitative estimate of drug-likeness (QED) is 0.448. The Bertz CT molecular complexity index is 457. The number of hydrogen-bond acceptors (Lipinski definition) is 5. The predicted octanol–water partition coefficient (Wildman–Crippen LogP) is 1.18. The van der Waals surface area contributed by atoms with E-state index >= 15 is 0 Å². The SMILES string of the molecule is O=[N+]([O-])Oc1ccccc1S(=O)(=O)Cl. The van der Waals surface area contributed by atoms with Crippen molar-refractivity contribution in [2.24, 2.45) is 0 Å². The van der Waals surface area contributed by atoms with Crippen molar-refractivity contribution in [3.05, 3.63) is 34.4 Å². The first-order chi connectivity index (χ1) is 6.41. The molecule has 14 heavy (non-hydrogen) atoms. The van der Waals surface area contributed by atoms with E-state index in [4.69, 9.17) is 10.7 Å². The lowest BCUT2D eigenvalue weighted by Gasteiger charge is -2.02. The van der Waals surface area contributed by atoms with E-state index in [9.17, 15) is 18.5 Å². The van der Waals surface area contributed by atoms with Crippen molar-refractivity contribution in [1.29, 1.82) is 0 Å². The lowest BCUT2D eigenvalue weighted by atomic mass is 10.3. The number of rotatable bonds is 3. The van der Waals surface area contributed by atoms with Crippen LogP contribution in [0.5, 0.6) is 5.75 Å². The highest BCUT2D eigenvalue weighted by atomic mass is 35.7. The third-order valence-electron chi connectivity index (χ3n) is 1.28. The number of para-hydroxylation sites is 1. The Labute approximate surface area is 83.6 Å². The second-order valence-electron chi connectivity index (χ2n) is 2.20. The van der Waals surface area contributed by atoms with Crippen LogP contribution in [0.15, 0.2) is 29.2 Å². The maximum Gasteiger partial charge on any atom is 0.299 e. The van der Waals surface area contributed by atoms with Gasteiger partial charge in [0.1, 0.15) is 10.6 Å². The third-order valence-corrected chi connectivity index (χ3v) is 2.65. The summed E-state index contributed by atoms with van der Waals surface area (Å²) in [6.07, 6.45) is 0. The van der Waals surface area contributed by atoms with Gasteiger partial charge in [-0.1, -0.05) is 12.1 Å². The van der Waals surface area contributed by atoms with E-state index in [1.54, 1.807) is 0 Å². The highest BCUT2D eigenvalue weighted by molar-refractivity contribution is 8.13. The average Bonchev–Trinajstić information content (AvgIpc) is 2.01. The van der Waals surface area contributed by atoms with Crippen LogP contribution in [0.25, 0.3) is 0 Å². The Hall–Kier alpha value is -1.34. The van der Waals surface area contributed by atoms with Crippen molar-refractivity contribution in [2.75, 3.05) is 0 Å². The van der Waals surface area contributed by atoms with Crippen LogP contribution >= 0.6 is 10.7 Å². The molecule has 0 aliphatic rings. The van der Waals surface area contributed by atoms with Gasteiger partial charge in [0.15, 0.2) is 0 Å². The summed E-state index contributed by atoms with van der Waals surface area (Å²) in [6, 6.07) is 5.02. The molecule has 0 spiro atoms. The van der Waals surface area contributed by atoms with E-state index in [1.807, 2.05) is 0 Å². The van der Waals surface area contributed by atoms with E-state index in [-0.39, 0.29) is 0 Å². The smallest absolute Gasteiger partial charge is 0.275 e. The molecule has 1 aromatic carbocycles. The molecule has 0 saturated carbocycles. The van der Waals surface area contributed by atoms with Gasteiger partial charge in [0.05, 0.1) is 0 Å². The van der Waals surface area contributed by atoms with Gasteiger partial charge < -0.3 is 0 Å². The zero-order chi connectivity index (χ0) is 10.8. The van der Waals surface area contributed by atoms with Crippen LogP contribution in [-0.4, -0.2) is 13.5 Å². The highest BCUT2D eigenvalue weighted by Gasteiger charge is 2.17. The van der Waals surface area contributed by atoms with Crippen LogP contribution in [0.2, 0.25) is 0 Å². The van der Waals surface area contributed by atoms with Gasteiger partial charge in [-0.05, 0) is 12.1 Å². The first-order valence-corrected chi connectivity index (χ1v) is 5.58. The standard InChI is InChI=1S/C6H4ClNO5S/c7-14(11,12)6-4-2-1-3-5(6)13-8(9)10/h1-4H. The largest absolute Gasteiger partial charge is 0.299 e. The summed E-state index contributed by atoms with van der Waals surface area (Å²) in [5, 5.41) is 8.88. The van der Waals surface area contributed by atoms with Gasteiger partial charge in [-0.15, -0.1) is 10.1 Å². The first kappa shape index (κ1) is 10.7. The van der Waals surface area contributed by atoms with Crippen LogP contribution in [0, 0.1) is 10.1 Å². The number of halogens is 1. The maximum atomic E-state index is 10.9. The fraction of sp³-hybridized carbons (Fsp3) is 0. The molecule has 0 unspecified atom stereocenters. The minimum Gasteiger partial charge on any atom is -0.275 e. The van der Waals surface area contributed by atoms with Gasteiger partial charge in [-0.3, -0.25) is 4.84 Å². The molecule has 76 valence electrons. The first-order valence-electron chi connectivity index (χ1n) is 3.27. The number of hydrogen-bond donors (Lipinski definition) is 0. The molecule has 1 rings (SSSR count). The summed E-state index contributed by atoms with van der Waals surface area (Å²) in [6.45, 7) is 0. The molecule has 0 amide bonds. The summed E-state index contributed by atoms with van der Waals surface area (Å²) in [5.41, 5.74) is 0. The van der Waals surface area contributed by atoms with Gasteiger partial charge in [-0.2, -0.15) is 0 Å². The predicted molar refractivity (Wildman–Crippen MR) is 47.1 cm³/mol. The van der Waals surface area contributed by atoms with Crippen LogP contribution in [0.4, 0.5) is 0 Å². The van der Waals surface area contributed by atoms with Gasteiger partial charge in [0.2, 0.25) is 0 Å². The molecule has 0 aliphatic carbocycles. The zero-order valence-electron chi connectivity index (χ0n) is 6.58. The van der Waals surface area contributed by atoms with Gasteiger partial charge in [-0.25, -0.2) is 8.42 Å². The molecule has 0 fully saturated rings. The molecule has 1 aromatic rings. The molecule has 0 atom stereocenters. The molecule has 8 heteroatoms. The number of nitrogens with zero attached hydrogens (tertiary/aromatic N) is 1. The Morgan fingerprint density at radius 2 is 1.93 bits per heavy atom. The van der Waals surface area contributed by atoms with Crippen LogP contribution in [0.1, 0.15) is 0 Å². The van der Waals surface area contributed by atoms with Crippen LogP contribution in [0.3, 0.4) is 0 Å². The van der Waals surface area contributed by atoms with Crippen molar-refractivity contribution in [2.45, 2.75) is 4.90 Å². The van der Waals surface area contributed by atoms with Crippen LogP contribution < -0.4 is 4.84 Å². The van der Waals surface area contributed by atoms with Crippen molar-refractivity contribution >= 4 is 19.7 Å². The monoisotopic (exact) mass is 237 g/mol. The molecular formula is C6H4ClNO5S. The zero-order valence-corrected chi connectivity index (χ0v) is 8.16. The molecule has 0 N–H and O–H groups in total. The fourth-order valence-corrected chi connectivity index (χ4v) is 1.78. The lowest BCUT2D eigenvalue weighted by Crippen LogP contribution is -2.06. The van der Waals surface area contributed by atoms with Gasteiger partial charge in [0, 0.05) is 10.7 Å². The maximum absolute atomic E-state index is 10.9. The normalized spacial score (nSPS) is 10.9. The van der Waals surface area contributed by atoms with Crippen LogP contribution in [-0.2, 0) is 9.05 Å². The molecule has 0 bridgehead atoms. The molecule has 6 nitrogen and oxygen atoms in total. The van der Waals surface area contributed by atoms with E-state index < -0.39 is 24.8 Å². The Morgan fingerprint density at radius 1 is 1.36 bits per heavy atom.